The number of rotatable bonds is 7. The molecular weight excluding hydrogens is 280 g/mol. The lowest BCUT2D eigenvalue weighted by Crippen LogP contribution is -2.33. The van der Waals surface area contributed by atoms with Gasteiger partial charge in [-0.15, -0.1) is 5.10 Å². The summed E-state index contributed by atoms with van der Waals surface area (Å²) in [6.45, 7) is 8.15. The summed E-state index contributed by atoms with van der Waals surface area (Å²) in [5.74, 6) is 0.878. The second-order valence-electron chi connectivity index (χ2n) is 4.82. The number of carbonyl (C=O) groups excluding carboxylic acids is 1. The van der Waals surface area contributed by atoms with Crippen molar-refractivity contribution >= 4 is 5.91 Å². The lowest BCUT2D eigenvalue weighted by molar-refractivity contribution is -0.131. The summed E-state index contributed by atoms with van der Waals surface area (Å²) >= 11 is 0. The van der Waals surface area contributed by atoms with Gasteiger partial charge in [0.05, 0.1) is 12.8 Å². The van der Waals surface area contributed by atoms with E-state index >= 15 is 0 Å². The van der Waals surface area contributed by atoms with Gasteiger partial charge in [0, 0.05) is 18.7 Å². The minimum atomic E-state index is 0.0492. The summed E-state index contributed by atoms with van der Waals surface area (Å²) in [6.07, 6.45) is 1.79. The third-order valence-corrected chi connectivity index (χ3v) is 3.41. The summed E-state index contributed by atoms with van der Waals surface area (Å²) in [6, 6.07) is 7.68. The van der Waals surface area contributed by atoms with E-state index in [0.29, 0.717) is 19.7 Å². The van der Waals surface area contributed by atoms with Gasteiger partial charge in [-0.25, -0.2) is 4.68 Å². The van der Waals surface area contributed by atoms with Crippen LogP contribution in [-0.2, 0) is 11.3 Å². The molecule has 1 amide bonds. The zero-order valence-corrected chi connectivity index (χ0v) is 13.3. The highest BCUT2D eigenvalue weighted by molar-refractivity contribution is 5.76. The number of amides is 1. The maximum absolute atomic E-state index is 12.1. The number of likely N-dealkylation sites (N-methyl/N-ethyl adjacent to an activating group) is 1. The van der Waals surface area contributed by atoms with Crippen molar-refractivity contribution in [2.45, 2.75) is 27.3 Å². The number of ether oxygens (including phenoxy) is 1. The van der Waals surface area contributed by atoms with Crippen LogP contribution in [0.2, 0.25) is 0 Å². The topological polar surface area (TPSA) is 60.2 Å². The van der Waals surface area contributed by atoms with Crippen LogP contribution >= 0.6 is 0 Å². The van der Waals surface area contributed by atoms with Gasteiger partial charge in [-0.2, -0.15) is 0 Å². The van der Waals surface area contributed by atoms with Crippen molar-refractivity contribution in [3.05, 3.63) is 30.5 Å². The molecule has 0 saturated carbocycles. The highest BCUT2D eigenvalue weighted by Crippen LogP contribution is 2.20. The van der Waals surface area contributed by atoms with E-state index < -0.39 is 0 Å². The second kappa shape index (κ2) is 7.59. The molecule has 1 aromatic heterocycles. The van der Waals surface area contributed by atoms with Crippen LogP contribution in [0.15, 0.2) is 30.5 Å². The Morgan fingerprint density at radius 1 is 1.18 bits per heavy atom. The number of benzene rings is 1. The third-order valence-electron chi connectivity index (χ3n) is 3.41. The first-order valence-electron chi connectivity index (χ1n) is 7.59. The van der Waals surface area contributed by atoms with Crippen LogP contribution in [0.5, 0.6) is 5.75 Å². The van der Waals surface area contributed by atoms with E-state index in [0.717, 1.165) is 17.0 Å². The summed E-state index contributed by atoms with van der Waals surface area (Å²) < 4.78 is 6.99. The highest BCUT2D eigenvalue weighted by atomic mass is 16.5. The summed E-state index contributed by atoms with van der Waals surface area (Å²) in [5, 5.41) is 8.16. The Balaban J connectivity index is 2.06. The van der Waals surface area contributed by atoms with Crippen LogP contribution in [0.4, 0.5) is 0 Å². The molecule has 2 aromatic rings. The molecule has 118 valence electrons. The lowest BCUT2D eigenvalue weighted by atomic mass is 10.2. The predicted octanol–water partition coefficient (Wildman–Crippen LogP) is 2.21. The standard InChI is InChI=1S/C16H22N4O2/c1-4-19(5-2)16(21)12-20-11-15(17-18-20)13-7-9-14(10-8-13)22-6-3/h7-11H,4-6,12H2,1-3H3. The molecule has 6 heteroatoms. The van der Waals surface area contributed by atoms with Gasteiger partial charge >= 0.3 is 0 Å². The summed E-state index contributed by atoms with van der Waals surface area (Å²) in [5.41, 5.74) is 1.69. The zero-order valence-electron chi connectivity index (χ0n) is 13.3. The molecule has 0 aliphatic heterocycles. The number of nitrogens with zero attached hydrogens (tertiary/aromatic N) is 4. The second-order valence-corrected chi connectivity index (χ2v) is 4.82. The Labute approximate surface area is 130 Å². The van der Waals surface area contributed by atoms with Gasteiger partial charge in [0.25, 0.3) is 0 Å². The maximum Gasteiger partial charge on any atom is 0.244 e. The maximum atomic E-state index is 12.1. The Morgan fingerprint density at radius 2 is 1.86 bits per heavy atom. The van der Waals surface area contributed by atoms with Gasteiger partial charge in [-0.05, 0) is 45.0 Å². The molecule has 0 spiro atoms. The van der Waals surface area contributed by atoms with Crippen molar-refractivity contribution in [2.24, 2.45) is 0 Å². The van der Waals surface area contributed by atoms with E-state index in [9.17, 15) is 4.79 Å². The molecule has 0 bridgehead atoms. The number of hydrogen-bond acceptors (Lipinski definition) is 4. The number of hydrogen-bond donors (Lipinski definition) is 0. The smallest absolute Gasteiger partial charge is 0.244 e. The Morgan fingerprint density at radius 3 is 2.45 bits per heavy atom. The number of aromatic nitrogens is 3. The van der Waals surface area contributed by atoms with Crippen molar-refractivity contribution in [3.8, 4) is 17.0 Å². The molecule has 0 aliphatic carbocycles. The summed E-state index contributed by atoms with van der Waals surface area (Å²) in [7, 11) is 0. The minimum Gasteiger partial charge on any atom is -0.494 e. The molecule has 0 radical (unpaired) electrons. The average Bonchev–Trinajstić information content (AvgIpc) is 2.98. The van der Waals surface area contributed by atoms with Crippen molar-refractivity contribution in [1.29, 1.82) is 0 Å². The van der Waals surface area contributed by atoms with Crippen LogP contribution < -0.4 is 4.74 Å². The molecule has 0 aliphatic rings. The molecule has 0 saturated heterocycles. The predicted molar refractivity (Wildman–Crippen MR) is 84.6 cm³/mol. The molecule has 1 aromatic carbocycles. The van der Waals surface area contributed by atoms with Gasteiger partial charge in [0.1, 0.15) is 18.0 Å². The van der Waals surface area contributed by atoms with E-state index in [1.807, 2.05) is 45.0 Å². The van der Waals surface area contributed by atoms with Crippen LogP contribution in [-0.4, -0.2) is 45.5 Å². The molecule has 1 heterocycles. The molecular formula is C16H22N4O2. The quantitative estimate of drug-likeness (QED) is 0.787. The normalized spacial score (nSPS) is 10.5. The van der Waals surface area contributed by atoms with Crippen LogP contribution in [0.1, 0.15) is 20.8 Å². The molecule has 6 nitrogen and oxygen atoms in total. The Hall–Kier alpha value is -2.37. The molecule has 22 heavy (non-hydrogen) atoms. The lowest BCUT2D eigenvalue weighted by Gasteiger charge is -2.17. The molecule has 0 atom stereocenters. The molecule has 0 N–H and O–H groups in total. The first-order valence-corrected chi connectivity index (χ1v) is 7.59. The van der Waals surface area contributed by atoms with E-state index in [2.05, 4.69) is 10.3 Å². The van der Waals surface area contributed by atoms with Gasteiger partial charge in [0.2, 0.25) is 5.91 Å². The number of carbonyl (C=O) groups is 1. The minimum absolute atomic E-state index is 0.0492. The van der Waals surface area contributed by atoms with E-state index in [1.165, 1.54) is 0 Å². The van der Waals surface area contributed by atoms with Crippen molar-refractivity contribution in [3.63, 3.8) is 0 Å². The first-order chi connectivity index (χ1) is 10.7. The first kappa shape index (κ1) is 16.0. The highest BCUT2D eigenvalue weighted by Gasteiger charge is 2.12. The Bertz CT molecular complexity index is 603. The van der Waals surface area contributed by atoms with Crippen molar-refractivity contribution in [2.75, 3.05) is 19.7 Å². The van der Waals surface area contributed by atoms with Crippen molar-refractivity contribution in [1.82, 2.24) is 19.9 Å². The SMILES string of the molecule is CCOc1ccc(-c2cn(CC(=O)N(CC)CC)nn2)cc1. The van der Waals surface area contributed by atoms with E-state index in [1.54, 1.807) is 15.8 Å². The van der Waals surface area contributed by atoms with Gasteiger partial charge < -0.3 is 9.64 Å². The van der Waals surface area contributed by atoms with E-state index in [4.69, 9.17) is 4.74 Å². The molecule has 0 unspecified atom stereocenters. The molecule has 0 fully saturated rings. The van der Waals surface area contributed by atoms with Crippen LogP contribution in [0, 0.1) is 0 Å². The average molecular weight is 302 g/mol. The Kier molecular flexibility index (Phi) is 5.52. The fourth-order valence-corrected chi connectivity index (χ4v) is 2.21. The monoisotopic (exact) mass is 302 g/mol. The zero-order chi connectivity index (χ0) is 15.9. The largest absolute Gasteiger partial charge is 0.494 e. The third kappa shape index (κ3) is 3.84. The fourth-order valence-electron chi connectivity index (χ4n) is 2.21. The molecule has 2 rings (SSSR count). The van der Waals surface area contributed by atoms with Gasteiger partial charge in [-0.3, -0.25) is 4.79 Å². The van der Waals surface area contributed by atoms with Gasteiger partial charge in [-0.1, -0.05) is 5.21 Å². The van der Waals surface area contributed by atoms with Gasteiger partial charge in [0.15, 0.2) is 0 Å². The van der Waals surface area contributed by atoms with Crippen LogP contribution in [0.3, 0.4) is 0 Å². The van der Waals surface area contributed by atoms with Crippen molar-refractivity contribution < 1.29 is 9.53 Å². The summed E-state index contributed by atoms with van der Waals surface area (Å²) in [4.78, 5) is 13.8. The fraction of sp³-hybridized carbons (Fsp3) is 0.438. The van der Waals surface area contributed by atoms with Crippen LogP contribution in [0.25, 0.3) is 11.3 Å². The van der Waals surface area contributed by atoms with E-state index in [-0.39, 0.29) is 12.5 Å².